The maximum Gasteiger partial charge on any atom is 0.302 e. The molecule has 0 saturated carbocycles. The van der Waals surface area contributed by atoms with Crippen LogP contribution in [0.25, 0.3) is 10.9 Å². The van der Waals surface area contributed by atoms with Gasteiger partial charge in [0.05, 0.1) is 7.11 Å². The van der Waals surface area contributed by atoms with Crippen LogP contribution in [0.4, 0.5) is 5.82 Å². The van der Waals surface area contributed by atoms with Crippen molar-refractivity contribution in [3.63, 3.8) is 0 Å². The predicted molar refractivity (Wildman–Crippen MR) is 120 cm³/mol. The summed E-state index contributed by atoms with van der Waals surface area (Å²) in [6.45, 7) is 3.49. The fourth-order valence-electron chi connectivity index (χ4n) is 3.77. The van der Waals surface area contributed by atoms with Crippen molar-refractivity contribution in [3.05, 3.63) is 65.7 Å². The highest BCUT2D eigenvalue weighted by Crippen LogP contribution is 2.28. The van der Waals surface area contributed by atoms with Gasteiger partial charge < -0.3 is 20.4 Å². The van der Waals surface area contributed by atoms with Gasteiger partial charge in [-0.3, -0.25) is 9.59 Å². The standard InChI is InChI=1S/C21H23N3O.C3H6O2/c22-21(25)17-6-7-19-18(13-17)14-20(23-19)24-10-8-16(9-11-24)12-15-4-2-1-3-5-15;1-3(4)5-2/h1-7,13-14,16,23H,8-12H2,(H2,22,25);1-2H3. The van der Waals surface area contributed by atoms with E-state index in [4.69, 9.17) is 5.73 Å². The van der Waals surface area contributed by atoms with Gasteiger partial charge in [-0.05, 0) is 55.0 Å². The molecular formula is C24H29N3O3. The van der Waals surface area contributed by atoms with Crippen LogP contribution < -0.4 is 10.6 Å². The molecule has 0 aliphatic carbocycles. The lowest BCUT2D eigenvalue weighted by Crippen LogP contribution is -2.34. The number of rotatable bonds is 4. The summed E-state index contributed by atoms with van der Waals surface area (Å²) in [5.74, 6) is 1.26. The van der Waals surface area contributed by atoms with Gasteiger partial charge in [-0.25, -0.2) is 0 Å². The van der Waals surface area contributed by atoms with Gasteiger partial charge in [0.15, 0.2) is 0 Å². The Morgan fingerprint density at radius 3 is 2.37 bits per heavy atom. The molecule has 0 atom stereocenters. The van der Waals surface area contributed by atoms with Crippen LogP contribution in [-0.4, -0.2) is 37.1 Å². The van der Waals surface area contributed by atoms with Crippen molar-refractivity contribution in [2.75, 3.05) is 25.1 Å². The number of aromatic amines is 1. The zero-order valence-electron chi connectivity index (χ0n) is 17.6. The van der Waals surface area contributed by atoms with Gasteiger partial charge >= 0.3 is 5.97 Å². The summed E-state index contributed by atoms with van der Waals surface area (Å²) in [4.78, 5) is 26.8. The minimum Gasteiger partial charge on any atom is -0.469 e. The topological polar surface area (TPSA) is 88.4 Å². The fourth-order valence-corrected chi connectivity index (χ4v) is 3.77. The number of hydrogen-bond donors (Lipinski definition) is 2. The quantitative estimate of drug-likeness (QED) is 0.642. The zero-order chi connectivity index (χ0) is 21.5. The van der Waals surface area contributed by atoms with Crippen molar-refractivity contribution in [3.8, 4) is 0 Å². The number of esters is 1. The smallest absolute Gasteiger partial charge is 0.302 e. The van der Waals surface area contributed by atoms with E-state index in [1.165, 1.54) is 38.9 Å². The molecule has 0 unspecified atom stereocenters. The number of hydrogen-bond acceptors (Lipinski definition) is 4. The third-order valence-corrected chi connectivity index (χ3v) is 5.50. The van der Waals surface area contributed by atoms with Crippen LogP contribution in [0.1, 0.15) is 35.7 Å². The number of aromatic nitrogens is 1. The summed E-state index contributed by atoms with van der Waals surface area (Å²) in [6.07, 6.45) is 3.58. The van der Waals surface area contributed by atoms with Crippen LogP contribution in [0.3, 0.4) is 0 Å². The monoisotopic (exact) mass is 407 g/mol. The number of carbonyl (C=O) groups is 2. The Morgan fingerprint density at radius 1 is 1.10 bits per heavy atom. The summed E-state index contributed by atoms with van der Waals surface area (Å²) >= 11 is 0. The second-order valence-corrected chi connectivity index (χ2v) is 7.64. The molecule has 3 N–H and O–H groups in total. The number of H-pyrrole nitrogens is 1. The molecule has 1 aromatic heterocycles. The summed E-state index contributed by atoms with van der Waals surface area (Å²) in [5, 5.41) is 1.04. The van der Waals surface area contributed by atoms with Crippen molar-refractivity contribution < 1.29 is 14.3 Å². The second-order valence-electron chi connectivity index (χ2n) is 7.64. The Labute approximate surface area is 177 Å². The average Bonchev–Trinajstić information content (AvgIpc) is 3.19. The summed E-state index contributed by atoms with van der Waals surface area (Å²) in [6, 6.07) is 18.5. The van der Waals surface area contributed by atoms with Crippen LogP contribution in [0.5, 0.6) is 0 Å². The molecule has 1 aliphatic rings. The molecule has 3 aromatic rings. The third kappa shape index (κ3) is 5.63. The lowest BCUT2D eigenvalue weighted by atomic mass is 9.90. The maximum absolute atomic E-state index is 11.3. The van der Waals surface area contributed by atoms with Crippen molar-refractivity contribution >= 4 is 28.6 Å². The summed E-state index contributed by atoms with van der Waals surface area (Å²) < 4.78 is 4.11. The molecule has 1 fully saturated rings. The van der Waals surface area contributed by atoms with E-state index in [0.29, 0.717) is 5.56 Å². The number of nitrogens with zero attached hydrogens (tertiary/aromatic N) is 1. The molecule has 0 bridgehead atoms. The molecule has 30 heavy (non-hydrogen) atoms. The highest BCUT2D eigenvalue weighted by atomic mass is 16.5. The highest BCUT2D eigenvalue weighted by Gasteiger charge is 2.21. The minimum atomic E-state index is -0.383. The van der Waals surface area contributed by atoms with E-state index in [1.54, 1.807) is 6.07 Å². The first-order valence-electron chi connectivity index (χ1n) is 10.2. The first-order valence-corrected chi connectivity index (χ1v) is 10.2. The first-order chi connectivity index (χ1) is 14.5. The van der Waals surface area contributed by atoms with Crippen LogP contribution >= 0.6 is 0 Å². The predicted octanol–water partition coefficient (Wildman–Crippen LogP) is 3.91. The van der Waals surface area contributed by atoms with Crippen LogP contribution in [-0.2, 0) is 16.0 Å². The number of nitrogens with one attached hydrogen (secondary N) is 1. The minimum absolute atomic E-state index is 0.245. The van der Waals surface area contributed by atoms with E-state index >= 15 is 0 Å². The van der Waals surface area contributed by atoms with Gasteiger partial charge in [0.25, 0.3) is 0 Å². The number of ether oxygens (including phenoxy) is 1. The number of benzene rings is 2. The largest absolute Gasteiger partial charge is 0.469 e. The normalized spacial score (nSPS) is 14.1. The number of amides is 1. The van der Waals surface area contributed by atoms with Crippen molar-refractivity contribution in [2.24, 2.45) is 11.7 Å². The Hall–Kier alpha value is -3.28. The van der Waals surface area contributed by atoms with E-state index in [-0.39, 0.29) is 11.9 Å². The number of methoxy groups -OCH3 is 1. The van der Waals surface area contributed by atoms with Crippen LogP contribution in [0.15, 0.2) is 54.6 Å². The molecule has 0 radical (unpaired) electrons. The van der Waals surface area contributed by atoms with Gasteiger partial charge in [0.2, 0.25) is 5.91 Å². The van der Waals surface area contributed by atoms with E-state index in [0.717, 1.165) is 35.7 Å². The number of primary amides is 1. The molecule has 2 aromatic carbocycles. The number of piperidine rings is 1. The Morgan fingerprint density at radius 2 is 1.77 bits per heavy atom. The molecule has 2 heterocycles. The Balaban J connectivity index is 0.000000461. The zero-order valence-corrected chi connectivity index (χ0v) is 17.6. The first kappa shape index (κ1) is 21.4. The average molecular weight is 408 g/mol. The highest BCUT2D eigenvalue weighted by molar-refractivity contribution is 5.97. The fraction of sp³-hybridized carbons (Fsp3) is 0.333. The van der Waals surface area contributed by atoms with E-state index in [2.05, 4.69) is 51.0 Å². The molecule has 4 rings (SSSR count). The van der Waals surface area contributed by atoms with E-state index in [1.807, 2.05) is 12.1 Å². The number of anilines is 1. The number of fused-ring (bicyclic) bond motifs is 1. The van der Waals surface area contributed by atoms with E-state index < -0.39 is 0 Å². The molecule has 0 spiro atoms. The molecule has 1 aliphatic heterocycles. The lowest BCUT2D eigenvalue weighted by molar-refractivity contribution is -0.137. The number of carbonyl (C=O) groups excluding carboxylic acids is 2. The van der Waals surface area contributed by atoms with Gasteiger partial charge in [-0.1, -0.05) is 30.3 Å². The third-order valence-electron chi connectivity index (χ3n) is 5.50. The van der Waals surface area contributed by atoms with Crippen molar-refractivity contribution in [2.45, 2.75) is 26.2 Å². The van der Waals surface area contributed by atoms with Crippen LogP contribution in [0.2, 0.25) is 0 Å². The summed E-state index contributed by atoms with van der Waals surface area (Å²) in [5.41, 5.74) is 8.41. The molecular weight excluding hydrogens is 378 g/mol. The Kier molecular flexibility index (Phi) is 7.12. The molecule has 1 saturated heterocycles. The van der Waals surface area contributed by atoms with E-state index in [9.17, 15) is 9.59 Å². The number of nitrogens with two attached hydrogens (primary N) is 1. The van der Waals surface area contributed by atoms with Gasteiger partial charge in [-0.2, -0.15) is 0 Å². The lowest BCUT2D eigenvalue weighted by Gasteiger charge is -2.32. The van der Waals surface area contributed by atoms with Crippen LogP contribution in [0, 0.1) is 5.92 Å². The molecule has 1 amide bonds. The van der Waals surface area contributed by atoms with Gasteiger partial charge in [0.1, 0.15) is 5.82 Å². The van der Waals surface area contributed by atoms with Gasteiger partial charge in [0, 0.05) is 36.5 Å². The maximum atomic E-state index is 11.3. The molecule has 6 nitrogen and oxygen atoms in total. The van der Waals surface area contributed by atoms with Gasteiger partial charge in [-0.15, -0.1) is 0 Å². The van der Waals surface area contributed by atoms with Crippen molar-refractivity contribution in [1.29, 1.82) is 0 Å². The summed E-state index contributed by atoms with van der Waals surface area (Å²) in [7, 11) is 1.35. The van der Waals surface area contributed by atoms with Crippen molar-refractivity contribution in [1.82, 2.24) is 4.98 Å². The SMILES string of the molecule is COC(C)=O.NC(=O)c1ccc2[nH]c(N3CCC(Cc4ccccc4)CC3)cc2c1. The Bertz CT molecular complexity index is 989. The second kappa shape index (κ2) is 9.96. The molecule has 158 valence electrons. The molecule has 6 heteroatoms.